The van der Waals surface area contributed by atoms with E-state index in [9.17, 15) is 13.2 Å². The van der Waals surface area contributed by atoms with E-state index < -0.39 is 10.0 Å². The maximum Gasteiger partial charge on any atom is 0.244 e. The third-order valence-corrected chi connectivity index (χ3v) is 7.32. The Hall–Kier alpha value is -1.86. The van der Waals surface area contributed by atoms with Crippen molar-refractivity contribution in [3.63, 3.8) is 0 Å². The van der Waals surface area contributed by atoms with Crippen molar-refractivity contribution < 1.29 is 13.2 Å². The van der Waals surface area contributed by atoms with E-state index >= 15 is 0 Å². The molecule has 2 aromatic carbocycles. The molecule has 0 aliphatic carbocycles. The zero-order valence-corrected chi connectivity index (χ0v) is 18.3. The van der Waals surface area contributed by atoms with Crippen molar-refractivity contribution in [3.8, 4) is 0 Å². The monoisotopic (exact) mass is 452 g/mol. The molecule has 5 nitrogen and oxygen atoms in total. The maximum atomic E-state index is 12.8. The van der Waals surface area contributed by atoms with E-state index in [0.29, 0.717) is 46.4 Å². The lowest BCUT2D eigenvalue weighted by Gasteiger charge is -2.31. The number of benzene rings is 2. The van der Waals surface area contributed by atoms with E-state index in [1.807, 2.05) is 6.92 Å². The number of nitrogens with zero attached hydrogens (tertiary/aromatic N) is 1. The van der Waals surface area contributed by atoms with Crippen LogP contribution in [0, 0.1) is 6.92 Å². The van der Waals surface area contributed by atoms with Gasteiger partial charge in [0.25, 0.3) is 0 Å². The third kappa shape index (κ3) is 5.60. The van der Waals surface area contributed by atoms with Gasteiger partial charge in [-0.1, -0.05) is 40.9 Å². The molecule has 1 amide bonds. The molecule has 0 aromatic heterocycles. The van der Waals surface area contributed by atoms with Gasteiger partial charge in [0.05, 0.1) is 4.90 Å². The molecule has 1 saturated heterocycles. The van der Waals surface area contributed by atoms with Gasteiger partial charge in [-0.05, 0) is 61.7 Å². The van der Waals surface area contributed by atoms with Crippen LogP contribution in [0.25, 0.3) is 6.08 Å². The Labute approximate surface area is 181 Å². The number of amides is 1. The Morgan fingerprint density at radius 3 is 2.41 bits per heavy atom. The summed E-state index contributed by atoms with van der Waals surface area (Å²) >= 11 is 12.0. The van der Waals surface area contributed by atoms with Crippen LogP contribution in [0.5, 0.6) is 0 Å². The summed E-state index contributed by atoms with van der Waals surface area (Å²) in [7, 11) is -3.51. The molecule has 29 heavy (non-hydrogen) atoms. The molecule has 1 aliphatic rings. The van der Waals surface area contributed by atoms with Crippen LogP contribution in [0.15, 0.2) is 53.4 Å². The topological polar surface area (TPSA) is 66.5 Å². The Kier molecular flexibility index (Phi) is 7.01. The summed E-state index contributed by atoms with van der Waals surface area (Å²) < 4.78 is 27.0. The van der Waals surface area contributed by atoms with E-state index in [1.165, 1.54) is 10.4 Å². The second-order valence-corrected chi connectivity index (χ2v) is 9.78. The minimum absolute atomic E-state index is 0.0774. The van der Waals surface area contributed by atoms with E-state index in [0.717, 1.165) is 5.56 Å². The van der Waals surface area contributed by atoms with Crippen LogP contribution in [-0.2, 0) is 14.8 Å². The summed E-state index contributed by atoms with van der Waals surface area (Å²) in [5, 5.41) is 3.97. The van der Waals surface area contributed by atoms with Crippen molar-refractivity contribution in [2.75, 3.05) is 13.1 Å². The fraction of sp³-hybridized carbons (Fsp3) is 0.286. The van der Waals surface area contributed by atoms with Crippen LogP contribution in [0.3, 0.4) is 0 Å². The Balaban J connectivity index is 1.55. The Morgan fingerprint density at radius 1 is 1.10 bits per heavy atom. The smallest absolute Gasteiger partial charge is 0.244 e. The van der Waals surface area contributed by atoms with Crippen LogP contribution < -0.4 is 5.32 Å². The first-order chi connectivity index (χ1) is 13.8. The van der Waals surface area contributed by atoms with E-state index in [2.05, 4.69) is 5.32 Å². The molecule has 1 fully saturated rings. The summed E-state index contributed by atoms with van der Waals surface area (Å²) in [4.78, 5) is 12.5. The lowest BCUT2D eigenvalue weighted by molar-refractivity contribution is -0.117. The molecule has 0 unspecified atom stereocenters. The second-order valence-electron chi connectivity index (χ2n) is 7.00. The van der Waals surface area contributed by atoms with Crippen LogP contribution >= 0.6 is 23.2 Å². The molecule has 0 radical (unpaired) electrons. The summed E-state index contributed by atoms with van der Waals surface area (Å²) in [6.07, 6.45) is 4.14. The molecule has 3 rings (SSSR count). The van der Waals surface area contributed by atoms with Gasteiger partial charge in [-0.3, -0.25) is 4.79 Å². The first-order valence-corrected chi connectivity index (χ1v) is 11.5. The van der Waals surface area contributed by atoms with Gasteiger partial charge >= 0.3 is 0 Å². The molecule has 8 heteroatoms. The van der Waals surface area contributed by atoms with Gasteiger partial charge in [0.1, 0.15) is 0 Å². The first-order valence-electron chi connectivity index (χ1n) is 9.26. The molecule has 1 heterocycles. The van der Waals surface area contributed by atoms with Crippen molar-refractivity contribution in [3.05, 3.63) is 69.7 Å². The van der Waals surface area contributed by atoms with Gasteiger partial charge in [-0.25, -0.2) is 8.42 Å². The lowest BCUT2D eigenvalue weighted by atomic mass is 10.1. The van der Waals surface area contributed by atoms with Crippen LogP contribution in [-0.4, -0.2) is 37.8 Å². The molecule has 0 atom stereocenters. The van der Waals surface area contributed by atoms with Crippen molar-refractivity contribution in [2.24, 2.45) is 0 Å². The fourth-order valence-electron chi connectivity index (χ4n) is 3.16. The molecule has 0 bridgehead atoms. The number of carbonyl (C=O) groups is 1. The van der Waals surface area contributed by atoms with Gasteiger partial charge < -0.3 is 5.32 Å². The summed E-state index contributed by atoms with van der Waals surface area (Å²) in [5.74, 6) is -0.249. The third-order valence-electron chi connectivity index (χ3n) is 4.83. The van der Waals surface area contributed by atoms with Crippen LogP contribution in [0.2, 0.25) is 10.0 Å². The number of rotatable bonds is 5. The zero-order valence-electron chi connectivity index (χ0n) is 15.9. The quantitative estimate of drug-likeness (QED) is 0.688. The molecular weight excluding hydrogens is 431 g/mol. The van der Waals surface area contributed by atoms with E-state index in [1.54, 1.807) is 48.5 Å². The second kappa shape index (κ2) is 9.30. The minimum atomic E-state index is -3.51. The average molecular weight is 453 g/mol. The molecule has 1 aliphatic heterocycles. The highest BCUT2D eigenvalue weighted by atomic mass is 35.5. The molecule has 154 valence electrons. The van der Waals surface area contributed by atoms with Gasteiger partial charge in [0, 0.05) is 35.3 Å². The highest BCUT2D eigenvalue weighted by molar-refractivity contribution is 7.89. The highest BCUT2D eigenvalue weighted by Gasteiger charge is 2.29. The van der Waals surface area contributed by atoms with Gasteiger partial charge in [-0.2, -0.15) is 4.31 Å². The zero-order chi connectivity index (χ0) is 21.0. The number of carbonyl (C=O) groups excluding carboxylic acids is 1. The maximum absolute atomic E-state index is 12.8. The SMILES string of the molecule is Cc1ccc(S(=O)(=O)N2CCC(NC(=O)C=Cc3cc(Cl)ccc3Cl)CC2)cc1. The Bertz CT molecular complexity index is 1010. The predicted octanol–water partition coefficient (Wildman–Crippen LogP) is 4.28. The molecule has 2 aromatic rings. The van der Waals surface area contributed by atoms with Crippen molar-refractivity contribution in [2.45, 2.75) is 30.7 Å². The predicted molar refractivity (Wildman–Crippen MR) is 117 cm³/mol. The molecule has 0 saturated carbocycles. The number of piperidine rings is 1. The highest BCUT2D eigenvalue weighted by Crippen LogP contribution is 2.23. The number of sulfonamides is 1. The van der Waals surface area contributed by atoms with Gasteiger partial charge in [-0.15, -0.1) is 0 Å². The normalized spacial score (nSPS) is 16.2. The summed E-state index contributed by atoms with van der Waals surface area (Å²) in [5.41, 5.74) is 1.67. The van der Waals surface area contributed by atoms with Gasteiger partial charge in [0.15, 0.2) is 0 Å². The first kappa shape index (κ1) is 21.8. The van der Waals surface area contributed by atoms with Crippen LogP contribution in [0.1, 0.15) is 24.0 Å². The number of hydrogen-bond acceptors (Lipinski definition) is 3. The van der Waals surface area contributed by atoms with E-state index in [4.69, 9.17) is 23.2 Å². The van der Waals surface area contributed by atoms with Crippen molar-refractivity contribution in [1.82, 2.24) is 9.62 Å². The van der Waals surface area contributed by atoms with Gasteiger partial charge in [0.2, 0.25) is 15.9 Å². The standard InChI is InChI=1S/C21H22Cl2N2O3S/c1-15-2-6-19(7-3-15)29(27,28)25-12-10-18(11-13-25)24-21(26)9-4-16-14-17(22)5-8-20(16)23/h2-9,14,18H,10-13H2,1H3,(H,24,26). The average Bonchev–Trinajstić information content (AvgIpc) is 2.69. The minimum Gasteiger partial charge on any atom is -0.350 e. The molecule has 0 spiro atoms. The van der Waals surface area contributed by atoms with Crippen molar-refractivity contribution >= 4 is 45.2 Å². The number of nitrogens with one attached hydrogen (secondary N) is 1. The number of halogens is 2. The Morgan fingerprint density at radius 2 is 1.76 bits per heavy atom. The largest absolute Gasteiger partial charge is 0.350 e. The summed E-state index contributed by atoms with van der Waals surface area (Å²) in [6, 6.07) is 11.8. The van der Waals surface area contributed by atoms with Crippen LogP contribution in [0.4, 0.5) is 0 Å². The summed E-state index contributed by atoms with van der Waals surface area (Å²) in [6.45, 7) is 2.65. The lowest BCUT2D eigenvalue weighted by Crippen LogP contribution is -2.46. The fourth-order valence-corrected chi connectivity index (χ4v) is 4.99. The molecule has 1 N–H and O–H groups in total. The number of hydrogen-bond donors (Lipinski definition) is 1. The van der Waals surface area contributed by atoms with Crippen molar-refractivity contribution in [1.29, 1.82) is 0 Å². The van der Waals surface area contributed by atoms with E-state index in [-0.39, 0.29) is 11.9 Å². The molecular formula is C21H22Cl2N2O3S. The number of aryl methyl sites for hydroxylation is 1.